The molecular weight excluding hydrogens is 238 g/mol. The summed E-state index contributed by atoms with van der Waals surface area (Å²) in [6.45, 7) is 5.89. The molecule has 4 nitrogen and oxygen atoms in total. The second kappa shape index (κ2) is 7.13. The van der Waals surface area contributed by atoms with E-state index >= 15 is 0 Å². The van der Waals surface area contributed by atoms with Gasteiger partial charge in [-0.15, -0.1) is 0 Å². The van der Waals surface area contributed by atoms with E-state index in [0.717, 1.165) is 38.2 Å². The molecule has 0 bridgehead atoms. The Labute approximate surface area is 117 Å². The van der Waals surface area contributed by atoms with E-state index in [0.29, 0.717) is 5.41 Å². The van der Waals surface area contributed by atoms with Crippen molar-refractivity contribution in [3.8, 4) is 0 Å². The first-order valence-electron chi connectivity index (χ1n) is 7.80. The number of nitrogens with one attached hydrogen (secondary N) is 2. The molecule has 0 aromatic rings. The fraction of sp³-hybridized carbons (Fsp3) is 0.933. The number of aliphatic imine (C=N–C) groups is 1. The van der Waals surface area contributed by atoms with Gasteiger partial charge in [0.05, 0.1) is 6.61 Å². The van der Waals surface area contributed by atoms with Crippen molar-refractivity contribution in [2.24, 2.45) is 16.3 Å². The molecule has 0 amide bonds. The van der Waals surface area contributed by atoms with Crippen molar-refractivity contribution in [2.75, 3.05) is 33.4 Å². The molecule has 2 saturated carbocycles. The molecule has 2 N–H and O–H groups in total. The lowest BCUT2D eigenvalue weighted by molar-refractivity contribution is 0.126. The summed E-state index contributed by atoms with van der Waals surface area (Å²) in [4.78, 5) is 4.27. The minimum atomic E-state index is 0.528. The van der Waals surface area contributed by atoms with E-state index in [4.69, 9.17) is 4.74 Å². The summed E-state index contributed by atoms with van der Waals surface area (Å²) in [5, 5.41) is 6.78. The Morgan fingerprint density at radius 2 is 2.11 bits per heavy atom. The molecule has 2 aliphatic carbocycles. The summed E-state index contributed by atoms with van der Waals surface area (Å²) in [6.07, 6.45) is 8.08. The fourth-order valence-corrected chi connectivity index (χ4v) is 2.60. The Morgan fingerprint density at radius 1 is 1.32 bits per heavy atom. The van der Waals surface area contributed by atoms with Gasteiger partial charge in [-0.3, -0.25) is 4.99 Å². The molecule has 110 valence electrons. The first-order valence-corrected chi connectivity index (χ1v) is 7.80. The number of ether oxygens (including phenoxy) is 1. The number of hydrogen-bond acceptors (Lipinski definition) is 2. The van der Waals surface area contributed by atoms with E-state index in [2.05, 4.69) is 22.5 Å². The molecule has 2 fully saturated rings. The predicted octanol–water partition coefficient (Wildman–Crippen LogP) is 2.16. The van der Waals surface area contributed by atoms with Crippen molar-refractivity contribution in [1.82, 2.24) is 10.6 Å². The molecule has 0 radical (unpaired) electrons. The molecule has 0 unspecified atom stereocenters. The average molecular weight is 267 g/mol. The van der Waals surface area contributed by atoms with Crippen LogP contribution in [-0.2, 0) is 4.74 Å². The van der Waals surface area contributed by atoms with E-state index in [-0.39, 0.29) is 0 Å². The molecule has 0 aromatic heterocycles. The van der Waals surface area contributed by atoms with Crippen LogP contribution in [0.3, 0.4) is 0 Å². The van der Waals surface area contributed by atoms with Crippen molar-refractivity contribution in [3.05, 3.63) is 0 Å². The highest BCUT2D eigenvalue weighted by Gasteiger charge is 2.34. The smallest absolute Gasteiger partial charge is 0.191 e. The Balaban J connectivity index is 1.54. The molecule has 0 aromatic carbocycles. The van der Waals surface area contributed by atoms with Crippen LogP contribution in [0.15, 0.2) is 4.99 Å². The third-order valence-electron chi connectivity index (χ3n) is 4.61. The van der Waals surface area contributed by atoms with Crippen LogP contribution in [0.4, 0.5) is 0 Å². The molecule has 2 rings (SSSR count). The molecule has 0 spiro atoms. The zero-order chi connectivity index (χ0) is 13.6. The summed E-state index contributed by atoms with van der Waals surface area (Å²) in [6, 6.07) is 0. The van der Waals surface area contributed by atoms with Gasteiger partial charge in [0, 0.05) is 26.7 Å². The maximum atomic E-state index is 5.61. The molecule has 0 heterocycles. The van der Waals surface area contributed by atoms with Crippen LogP contribution in [0, 0.1) is 11.3 Å². The maximum absolute atomic E-state index is 5.61. The summed E-state index contributed by atoms with van der Waals surface area (Å²) < 4.78 is 5.61. The van der Waals surface area contributed by atoms with Crippen LogP contribution in [0.2, 0.25) is 0 Å². The quantitative estimate of drug-likeness (QED) is 0.402. The Hall–Kier alpha value is -0.770. The van der Waals surface area contributed by atoms with E-state index in [9.17, 15) is 0 Å². The van der Waals surface area contributed by atoms with Crippen molar-refractivity contribution >= 4 is 5.96 Å². The summed E-state index contributed by atoms with van der Waals surface area (Å²) >= 11 is 0. The highest BCUT2D eigenvalue weighted by atomic mass is 16.5. The molecule has 19 heavy (non-hydrogen) atoms. The van der Waals surface area contributed by atoms with Crippen LogP contribution in [0.5, 0.6) is 0 Å². The molecule has 2 aliphatic rings. The fourth-order valence-electron chi connectivity index (χ4n) is 2.60. The van der Waals surface area contributed by atoms with E-state index in [1.807, 2.05) is 7.05 Å². The molecule has 0 aliphatic heterocycles. The van der Waals surface area contributed by atoms with Gasteiger partial charge in [-0.2, -0.15) is 0 Å². The van der Waals surface area contributed by atoms with E-state index in [1.54, 1.807) is 0 Å². The van der Waals surface area contributed by atoms with Gasteiger partial charge in [0.2, 0.25) is 0 Å². The van der Waals surface area contributed by atoms with Crippen LogP contribution in [0.1, 0.15) is 45.4 Å². The normalized spacial score (nSPS) is 21.9. The average Bonchev–Trinajstić information content (AvgIpc) is 3.19. The first-order chi connectivity index (χ1) is 9.28. The van der Waals surface area contributed by atoms with Gasteiger partial charge in [0.1, 0.15) is 0 Å². The topological polar surface area (TPSA) is 45.7 Å². The van der Waals surface area contributed by atoms with Crippen molar-refractivity contribution in [3.63, 3.8) is 0 Å². The van der Waals surface area contributed by atoms with Crippen molar-refractivity contribution in [1.29, 1.82) is 0 Å². The second-order valence-electron chi connectivity index (χ2n) is 6.08. The minimum Gasteiger partial charge on any atom is -0.379 e. The highest BCUT2D eigenvalue weighted by Crippen LogP contribution is 2.42. The van der Waals surface area contributed by atoms with Gasteiger partial charge in [-0.25, -0.2) is 0 Å². The number of guanidine groups is 1. The molecular formula is C15H29N3O. The lowest BCUT2D eigenvalue weighted by atomic mass is 9.67. The van der Waals surface area contributed by atoms with Crippen LogP contribution < -0.4 is 10.6 Å². The zero-order valence-electron chi connectivity index (χ0n) is 12.5. The standard InChI is InChI=1S/C15H29N3O/c1-3-15(7-4-8-15)12-18-14(16-2)17-9-10-19-11-13-5-6-13/h13H,3-12H2,1-2H3,(H2,16,17,18). The Bertz CT molecular complexity index is 290. The molecule has 4 heteroatoms. The SMILES string of the molecule is CCC1(CNC(=NC)NCCOCC2CC2)CCC1. The predicted molar refractivity (Wildman–Crippen MR) is 79.5 cm³/mol. The van der Waals surface area contributed by atoms with E-state index < -0.39 is 0 Å². The highest BCUT2D eigenvalue weighted by molar-refractivity contribution is 5.79. The molecule has 0 atom stereocenters. The van der Waals surface area contributed by atoms with Gasteiger partial charge < -0.3 is 15.4 Å². The second-order valence-corrected chi connectivity index (χ2v) is 6.08. The van der Waals surface area contributed by atoms with Crippen molar-refractivity contribution < 1.29 is 4.74 Å². The van der Waals surface area contributed by atoms with Crippen molar-refractivity contribution in [2.45, 2.75) is 45.4 Å². The number of rotatable bonds is 8. The van der Waals surface area contributed by atoms with Gasteiger partial charge >= 0.3 is 0 Å². The maximum Gasteiger partial charge on any atom is 0.191 e. The Kier molecular flexibility index (Phi) is 5.49. The summed E-state index contributed by atoms with van der Waals surface area (Å²) in [7, 11) is 1.83. The summed E-state index contributed by atoms with van der Waals surface area (Å²) in [5.74, 6) is 1.76. The zero-order valence-corrected chi connectivity index (χ0v) is 12.5. The van der Waals surface area contributed by atoms with Crippen LogP contribution >= 0.6 is 0 Å². The third-order valence-corrected chi connectivity index (χ3v) is 4.61. The van der Waals surface area contributed by atoms with Gasteiger partial charge in [0.15, 0.2) is 5.96 Å². The lowest BCUT2D eigenvalue weighted by Crippen LogP contribution is -2.46. The molecule has 0 saturated heterocycles. The Morgan fingerprint density at radius 3 is 2.63 bits per heavy atom. The van der Waals surface area contributed by atoms with E-state index in [1.165, 1.54) is 38.5 Å². The van der Waals surface area contributed by atoms with Crippen LogP contribution in [-0.4, -0.2) is 39.3 Å². The third kappa shape index (κ3) is 4.68. The minimum absolute atomic E-state index is 0.528. The van der Waals surface area contributed by atoms with Gasteiger partial charge in [-0.05, 0) is 43.4 Å². The van der Waals surface area contributed by atoms with Crippen LogP contribution in [0.25, 0.3) is 0 Å². The largest absolute Gasteiger partial charge is 0.379 e. The lowest BCUT2D eigenvalue weighted by Gasteiger charge is -2.41. The number of hydrogen-bond donors (Lipinski definition) is 2. The van der Waals surface area contributed by atoms with Gasteiger partial charge in [-0.1, -0.05) is 13.3 Å². The van der Waals surface area contributed by atoms with Gasteiger partial charge in [0.25, 0.3) is 0 Å². The summed E-state index contributed by atoms with van der Waals surface area (Å²) in [5.41, 5.74) is 0.528. The number of nitrogens with zero attached hydrogens (tertiary/aromatic N) is 1. The monoisotopic (exact) mass is 267 g/mol. The first kappa shape index (κ1) is 14.6.